The molecule has 11 nitrogen and oxygen atoms in total. The number of para-hydroxylation sites is 1. The van der Waals surface area contributed by atoms with E-state index >= 15 is 0 Å². The Morgan fingerprint density at radius 3 is 2.59 bits per heavy atom. The number of aliphatic hydroxyl groups is 3. The molecule has 2 aromatic carbocycles. The van der Waals surface area contributed by atoms with Gasteiger partial charge in [0.15, 0.2) is 17.5 Å². The number of halogens is 3. The minimum absolute atomic E-state index is 0.0746. The monoisotopic (exact) mass is 571 g/mol. The van der Waals surface area contributed by atoms with Gasteiger partial charge in [0.05, 0.1) is 42.1 Å². The Balaban J connectivity index is 1.42. The number of hydrogen-bond donors (Lipinski definition) is 4. The van der Waals surface area contributed by atoms with Crippen LogP contribution in [0, 0.1) is 17.5 Å². The molecule has 0 bridgehead atoms. The van der Waals surface area contributed by atoms with Gasteiger partial charge >= 0.3 is 0 Å². The van der Waals surface area contributed by atoms with Crippen LogP contribution in [0.4, 0.5) is 13.2 Å². The Kier molecular flexibility index (Phi) is 6.74. The molecule has 41 heavy (non-hydrogen) atoms. The van der Waals surface area contributed by atoms with E-state index in [-0.39, 0.29) is 29.8 Å². The number of aliphatic hydroxyl groups excluding tert-OH is 3. The highest BCUT2D eigenvalue weighted by Gasteiger charge is 2.62. The van der Waals surface area contributed by atoms with E-state index in [9.17, 15) is 33.3 Å². The van der Waals surface area contributed by atoms with Gasteiger partial charge in [0.2, 0.25) is 11.7 Å². The summed E-state index contributed by atoms with van der Waals surface area (Å²) in [5, 5.41) is 41.2. The average molecular weight is 572 g/mol. The van der Waals surface area contributed by atoms with E-state index in [4.69, 9.17) is 15.2 Å². The Labute approximate surface area is 229 Å². The summed E-state index contributed by atoms with van der Waals surface area (Å²) in [4.78, 5) is 17.0. The number of aromatic nitrogens is 4. The first-order valence-corrected chi connectivity index (χ1v) is 12.7. The second kappa shape index (κ2) is 10.2. The van der Waals surface area contributed by atoms with Gasteiger partial charge in [-0.1, -0.05) is 23.4 Å². The number of ether oxygens (including phenoxy) is 2. The fourth-order valence-corrected chi connectivity index (χ4v) is 5.70. The Bertz CT molecular complexity index is 1630. The molecule has 2 aliphatic rings. The van der Waals surface area contributed by atoms with Crippen LogP contribution in [0.15, 0.2) is 48.7 Å². The van der Waals surface area contributed by atoms with Crippen LogP contribution < -0.4 is 5.73 Å². The maximum atomic E-state index is 13.8. The lowest BCUT2D eigenvalue weighted by atomic mass is 9.81. The van der Waals surface area contributed by atoms with Crippen molar-refractivity contribution in [2.24, 2.45) is 5.73 Å². The highest BCUT2D eigenvalue weighted by molar-refractivity contribution is 6.05. The van der Waals surface area contributed by atoms with Crippen LogP contribution in [0.5, 0.6) is 0 Å². The Morgan fingerprint density at radius 2 is 1.88 bits per heavy atom. The molecule has 4 heterocycles. The summed E-state index contributed by atoms with van der Waals surface area (Å²) in [6.07, 6.45) is -2.95. The predicted octanol–water partition coefficient (Wildman–Crippen LogP) is 1.56. The number of benzene rings is 2. The molecule has 2 fully saturated rings. The van der Waals surface area contributed by atoms with Crippen molar-refractivity contribution in [3.05, 3.63) is 77.4 Å². The molecule has 6 atom stereocenters. The van der Waals surface area contributed by atoms with Gasteiger partial charge in [-0.25, -0.2) is 17.9 Å². The third kappa shape index (κ3) is 4.35. The van der Waals surface area contributed by atoms with Crippen LogP contribution in [-0.4, -0.2) is 78.5 Å². The van der Waals surface area contributed by atoms with Crippen LogP contribution in [-0.2, 0) is 9.47 Å². The molecule has 0 unspecified atom stereocenters. The molecule has 1 spiro atoms. The second-order valence-electron chi connectivity index (χ2n) is 9.99. The van der Waals surface area contributed by atoms with Gasteiger partial charge in [0.25, 0.3) is 0 Å². The third-order valence-electron chi connectivity index (χ3n) is 7.66. The first kappa shape index (κ1) is 27.2. The highest BCUT2D eigenvalue weighted by Crippen LogP contribution is 2.50. The van der Waals surface area contributed by atoms with Crippen molar-refractivity contribution in [1.29, 1.82) is 0 Å². The minimum atomic E-state index is -1.86. The molecule has 6 rings (SSSR count). The van der Waals surface area contributed by atoms with Crippen molar-refractivity contribution in [2.75, 3.05) is 13.2 Å². The number of hydrogen-bond acceptors (Lipinski definition) is 9. The van der Waals surface area contributed by atoms with E-state index in [0.717, 1.165) is 16.8 Å². The van der Waals surface area contributed by atoms with Crippen molar-refractivity contribution >= 4 is 16.8 Å². The molecule has 0 saturated carbocycles. The molecule has 1 amide bonds. The first-order valence-electron chi connectivity index (χ1n) is 12.7. The average Bonchev–Trinajstić information content (AvgIpc) is 3.61. The van der Waals surface area contributed by atoms with E-state index in [1.807, 2.05) is 0 Å². The van der Waals surface area contributed by atoms with Crippen LogP contribution in [0.25, 0.3) is 22.2 Å². The van der Waals surface area contributed by atoms with E-state index < -0.39 is 66.0 Å². The Morgan fingerprint density at radius 1 is 1.15 bits per heavy atom. The zero-order valence-corrected chi connectivity index (χ0v) is 21.2. The van der Waals surface area contributed by atoms with E-state index in [1.165, 1.54) is 12.3 Å². The first-order chi connectivity index (χ1) is 19.6. The van der Waals surface area contributed by atoms with Crippen LogP contribution in [0.1, 0.15) is 34.4 Å². The SMILES string of the molecule is NC(=O)c1cc([C@H]2CCO[C@]23O[C@H](CO)[C@H](O)[C@H](n2cc(-c4cc(F)c(F)c(F)c4)nn2)[C@H]3O)nc2ccccc12. The fraction of sp³-hybridized carbons (Fsp3) is 0.333. The van der Waals surface area contributed by atoms with Gasteiger partial charge in [-0.3, -0.25) is 9.78 Å². The summed E-state index contributed by atoms with van der Waals surface area (Å²) >= 11 is 0. The maximum absolute atomic E-state index is 13.8. The largest absolute Gasteiger partial charge is 0.394 e. The fourth-order valence-electron chi connectivity index (χ4n) is 5.70. The van der Waals surface area contributed by atoms with Gasteiger partial charge in [-0.15, -0.1) is 5.10 Å². The lowest BCUT2D eigenvalue weighted by Crippen LogP contribution is -2.64. The molecule has 214 valence electrons. The molecule has 0 aliphatic carbocycles. The number of nitrogens with zero attached hydrogens (tertiary/aromatic N) is 4. The zero-order chi connectivity index (χ0) is 29.1. The Hall–Kier alpha value is -3.95. The van der Waals surface area contributed by atoms with Gasteiger partial charge in [0, 0.05) is 10.9 Å². The molecular formula is C27H24F3N5O6. The predicted molar refractivity (Wildman–Crippen MR) is 135 cm³/mol. The smallest absolute Gasteiger partial charge is 0.249 e. The minimum Gasteiger partial charge on any atom is -0.394 e. The number of amides is 1. The number of pyridine rings is 1. The summed E-state index contributed by atoms with van der Waals surface area (Å²) in [6.45, 7) is -0.574. The van der Waals surface area contributed by atoms with Gasteiger partial charge in [-0.05, 0) is 30.7 Å². The van der Waals surface area contributed by atoms with Crippen molar-refractivity contribution in [3.8, 4) is 11.3 Å². The molecule has 2 saturated heterocycles. The van der Waals surface area contributed by atoms with Crippen molar-refractivity contribution in [1.82, 2.24) is 20.0 Å². The van der Waals surface area contributed by atoms with Crippen molar-refractivity contribution < 1.29 is 42.8 Å². The van der Waals surface area contributed by atoms with Crippen LogP contribution in [0.2, 0.25) is 0 Å². The third-order valence-corrected chi connectivity index (χ3v) is 7.66. The van der Waals surface area contributed by atoms with Crippen LogP contribution >= 0.6 is 0 Å². The standard InChI is InChI=1S/C27H24F3N5O6/c28-16-7-12(8-17(29)22(16)30)20-10-35(34-33-20)23-24(37)21(11-36)41-27(25(23)38)15(5-6-40-27)19-9-14(26(31)39)13-3-1-2-4-18(13)32-19/h1-4,7-10,15,21,23-25,36-38H,5-6,11H2,(H2,31,39)/t15-,21-,23+,24+,25-,27+/m1/s1. The van der Waals surface area contributed by atoms with E-state index in [1.54, 1.807) is 24.3 Å². The van der Waals surface area contributed by atoms with Crippen molar-refractivity contribution in [2.45, 2.75) is 42.5 Å². The number of carbonyl (C=O) groups excluding carboxylic acids is 1. The number of fused-ring (bicyclic) bond motifs is 1. The molecule has 14 heteroatoms. The number of rotatable bonds is 5. The van der Waals surface area contributed by atoms with E-state index in [0.29, 0.717) is 16.6 Å². The molecule has 2 aromatic heterocycles. The van der Waals surface area contributed by atoms with Gasteiger partial charge < -0.3 is 30.5 Å². The lowest BCUT2D eigenvalue weighted by molar-refractivity contribution is -0.344. The summed E-state index contributed by atoms with van der Waals surface area (Å²) in [5.74, 6) is -7.83. The topological polar surface area (TPSA) is 166 Å². The molecular weight excluding hydrogens is 547 g/mol. The van der Waals surface area contributed by atoms with Crippen molar-refractivity contribution in [3.63, 3.8) is 0 Å². The quantitative estimate of drug-likeness (QED) is 0.260. The summed E-state index contributed by atoms with van der Waals surface area (Å²) in [5.41, 5.74) is 6.45. The van der Waals surface area contributed by atoms with E-state index in [2.05, 4.69) is 15.3 Å². The summed E-state index contributed by atoms with van der Waals surface area (Å²) in [7, 11) is 0. The normalized spacial score (nSPS) is 28.0. The molecule has 4 aromatic rings. The zero-order valence-electron chi connectivity index (χ0n) is 21.2. The maximum Gasteiger partial charge on any atom is 0.249 e. The molecule has 0 radical (unpaired) electrons. The molecule has 2 aliphatic heterocycles. The highest BCUT2D eigenvalue weighted by atomic mass is 19.2. The van der Waals surface area contributed by atoms with Crippen LogP contribution in [0.3, 0.4) is 0 Å². The van der Waals surface area contributed by atoms with Gasteiger partial charge in [0.1, 0.15) is 30.0 Å². The number of primary amides is 1. The summed E-state index contributed by atoms with van der Waals surface area (Å²) < 4.78 is 54.3. The second-order valence-corrected chi connectivity index (χ2v) is 9.99. The number of carbonyl (C=O) groups is 1. The number of nitrogens with two attached hydrogens (primary N) is 1. The lowest BCUT2D eigenvalue weighted by Gasteiger charge is -2.49. The summed E-state index contributed by atoms with van der Waals surface area (Å²) in [6, 6.07) is 8.53. The molecule has 5 N–H and O–H groups in total. The van der Waals surface area contributed by atoms with Gasteiger partial charge in [-0.2, -0.15) is 0 Å².